The average molecular weight is 397 g/mol. The Bertz CT molecular complexity index is 712. The Kier molecular flexibility index (Phi) is 10.4. The fourth-order valence-corrected chi connectivity index (χ4v) is 2.52. The SMILES string of the molecule is C#Cc1cc(F)c(CNC=O)cc1F.CC(C)(C)CC(=O)N1CCC(O)C1.N. The summed E-state index contributed by atoms with van der Waals surface area (Å²) in [4.78, 5) is 23.3. The maximum Gasteiger partial charge on any atom is 0.223 e. The summed E-state index contributed by atoms with van der Waals surface area (Å²) in [5.74, 6) is 0.884. The molecule has 0 saturated carbocycles. The van der Waals surface area contributed by atoms with Crippen LogP contribution >= 0.6 is 0 Å². The second-order valence-electron chi connectivity index (χ2n) is 7.59. The topological polar surface area (TPSA) is 105 Å². The first-order valence-corrected chi connectivity index (χ1v) is 8.64. The Hall–Kier alpha value is -2.50. The van der Waals surface area contributed by atoms with Gasteiger partial charge in [-0.25, -0.2) is 8.78 Å². The van der Waals surface area contributed by atoms with E-state index in [0.29, 0.717) is 19.4 Å². The number of hydrogen-bond donors (Lipinski definition) is 3. The van der Waals surface area contributed by atoms with Gasteiger partial charge in [0.15, 0.2) is 0 Å². The van der Waals surface area contributed by atoms with Crippen LogP contribution in [0, 0.1) is 29.4 Å². The number of nitrogens with zero attached hydrogens (tertiary/aromatic N) is 1. The van der Waals surface area contributed by atoms with Crippen LogP contribution in [0.1, 0.15) is 44.7 Å². The van der Waals surface area contributed by atoms with Crippen molar-refractivity contribution in [1.29, 1.82) is 0 Å². The van der Waals surface area contributed by atoms with Crippen molar-refractivity contribution in [2.45, 2.75) is 46.3 Å². The highest BCUT2D eigenvalue weighted by atomic mass is 19.1. The Morgan fingerprint density at radius 1 is 1.39 bits per heavy atom. The van der Waals surface area contributed by atoms with Crippen molar-refractivity contribution in [3.63, 3.8) is 0 Å². The lowest BCUT2D eigenvalue weighted by Gasteiger charge is -2.22. The molecular weight excluding hydrogens is 368 g/mol. The Labute approximate surface area is 164 Å². The van der Waals surface area contributed by atoms with Gasteiger partial charge in [0, 0.05) is 31.6 Å². The molecule has 6 nitrogen and oxygen atoms in total. The van der Waals surface area contributed by atoms with Gasteiger partial charge >= 0.3 is 0 Å². The molecule has 1 aromatic carbocycles. The van der Waals surface area contributed by atoms with E-state index in [9.17, 15) is 23.5 Å². The smallest absolute Gasteiger partial charge is 0.223 e. The standard InChI is InChI=1S/C10H7F2NO.C10H19NO2.H3N/c1-2-7-3-10(12)8(4-9(7)11)5-13-6-14;1-10(2,3)6-9(13)11-5-4-8(12)7-11;/h1,3-4,6H,5H2,(H,13,14);8,12H,4-7H2,1-3H3;1H3. The number of hydrogen-bond acceptors (Lipinski definition) is 4. The first-order valence-electron chi connectivity index (χ1n) is 8.64. The third-order valence-corrected chi connectivity index (χ3v) is 3.87. The van der Waals surface area contributed by atoms with Gasteiger partial charge in [-0.3, -0.25) is 9.59 Å². The average Bonchev–Trinajstić information content (AvgIpc) is 3.01. The van der Waals surface area contributed by atoms with E-state index in [2.05, 4.69) is 26.1 Å². The molecule has 8 heteroatoms. The van der Waals surface area contributed by atoms with Crippen LogP contribution in [0.15, 0.2) is 12.1 Å². The zero-order valence-corrected chi connectivity index (χ0v) is 16.6. The van der Waals surface area contributed by atoms with E-state index in [-0.39, 0.29) is 41.2 Å². The summed E-state index contributed by atoms with van der Waals surface area (Å²) in [6.45, 7) is 7.34. The normalized spacial score (nSPS) is 15.6. The fraction of sp³-hybridized carbons (Fsp3) is 0.500. The van der Waals surface area contributed by atoms with Crippen LogP contribution in [0.3, 0.4) is 0 Å². The lowest BCUT2D eigenvalue weighted by Crippen LogP contribution is -2.32. The van der Waals surface area contributed by atoms with Crippen molar-refractivity contribution in [1.82, 2.24) is 16.4 Å². The Morgan fingerprint density at radius 2 is 2.04 bits per heavy atom. The molecule has 5 N–H and O–H groups in total. The van der Waals surface area contributed by atoms with E-state index in [0.717, 1.165) is 25.1 Å². The fourth-order valence-electron chi connectivity index (χ4n) is 2.52. The highest BCUT2D eigenvalue weighted by molar-refractivity contribution is 5.77. The van der Waals surface area contributed by atoms with Crippen molar-refractivity contribution < 1.29 is 23.5 Å². The van der Waals surface area contributed by atoms with Crippen LogP contribution in [0.2, 0.25) is 0 Å². The third kappa shape index (κ3) is 8.46. The van der Waals surface area contributed by atoms with Gasteiger partial charge in [-0.2, -0.15) is 0 Å². The number of likely N-dealkylation sites (tertiary alicyclic amines) is 1. The van der Waals surface area contributed by atoms with Gasteiger partial charge in [-0.05, 0) is 24.0 Å². The molecule has 1 fully saturated rings. The van der Waals surface area contributed by atoms with E-state index < -0.39 is 11.6 Å². The number of benzene rings is 1. The highest BCUT2D eigenvalue weighted by Crippen LogP contribution is 2.21. The second kappa shape index (κ2) is 11.4. The summed E-state index contributed by atoms with van der Waals surface area (Å²) in [6, 6.07) is 1.90. The van der Waals surface area contributed by atoms with E-state index >= 15 is 0 Å². The van der Waals surface area contributed by atoms with Crippen LogP contribution in [0.25, 0.3) is 0 Å². The molecule has 2 rings (SSSR count). The van der Waals surface area contributed by atoms with Gasteiger partial charge in [0.05, 0.1) is 11.7 Å². The molecule has 0 spiro atoms. The molecule has 0 aliphatic carbocycles. The summed E-state index contributed by atoms with van der Waals surface area (Å²) in [7, 11) is 0. The van der Waals surface area contributed by atoms with Crippen LogP contribution in [-0.2, 0) is 16.1 Å². The summed E-state index contributed by atoms with van der Waals surface area (Å²) in [6.07, 6.45) is 6.35. The predicted molar refractivity (Wildman–Crippen MR) is 103 cm³/mol. The molecule has 0 aromatic heterocycles. The van der Waals surface area contributed by atoms with E-state index in [1.54, 1.807) is 4.90 Å². The van der Waals surface area contributed by atoms with E-state index in [1.807, 2.05) is 5.92 Å². The van der Waals surface area contributed by atoms with Crippen LogP contribution in [0.5, 0.6) is 0 Å². The number of carbonyl (C=O) groups is 2. The summed E-state index contributed by atoms with van der Waals surface area (Å²) >= 11 is 0. The lowest BCUT2D eigenvalue weighted by atomic mass is 9.92. The van der Waals surface area contributed by atoms with Gasteiger partial charge in [-0.15, -0.1) is 6.42 Å². The Morgan fingerprint density at radius 3 is 2.50 bits per heavy atom. The van der Waals surface area contributed by atoms with Crippen LogP contribution < -0.4 is 11.5 Å². The molecule has 28 heavy (non-hydrogen) atoms. The molecule has 1 atom stereocenters. The number of halogens is 2. The Balaban J connectivity index is 0.000000504. The molecule has 0 radical (unpaired) electrons. The largest absolute Gasteiger partial charge is 0.391 e. The number of amides is 2. The predicted octanol–water partition coefficient (Wildman–Crippen LogP) is 2.37. The molecular formula is C20H29F2N3O3. The number of terminal acetylenes is 1. The summed E-state index contributed by atoms with van der Waals surface area (Å²) < 4.78 is 26.2. The van der Waals surface area contributed by atoms with Crippen molar-refractivity contribution in [3.05, 3.63) is 34.9 Å². The summed E-state index contributed by atoms with van der Waals surface area (Å²) in [5.41, 5.74) is -0.0177. The van der Waals surface area contributed by atoms with Gasteiger partial charge < -0.3 is 21.5 Å². The van der Waals surface area contributed by atoms with Crippen LogP contribution in [-0.4, -0.2) is 41.5 Å². The molecule has 1 aliphatic heterocycles. The lowest BCUT2D eigenvalue weighted by molar-refractivity contribution is -0.132. The van der Waals surface area contributed by atoms with Crippen molar-refractivity contribution in [3.8, 4) is 12.3 Å². The van der Waals surface area contributed by atoms with Crippen molar-refractivity contribution in [2.24, 2.45) is 5.41 Å². The van der Waals surface area contributed by atoms with E-state index in [1.165, 1.54) is 0 Å². The number of aliphatic hydroxyl groups excluding tert-OH is 1. The first-order chi connectivity index (χ1) is 12.6. The van der Waals surface area contributed by atoms with Gasteiger partial charge in [0.2, 0.25) is 12.3 Å². The molecule has 156 valence electrons. The second-order valence-corrected chi connectivity index (χ2v) is 7.59. The number of nitrogens with one attached hydrogen (secondary N) is 1. The molecule has 1 saturated heterocycles. The van der Waals surface area contributed by atoms with Gasteiger partial charge in [-0.1, -0.05) is 26.7 Å². The van der Waals surface area contributed by atoms with Crippen molar-refractivity contribution >= 4 is 12.3 Å². The first kappa shape index (κ1) is 25.5. The number of aliphatic hydroxyl groups is 1. The van der Waals surface area contributed by atoms with E-state index in [4.69, 9.17) is 6.42 Å². The zero-order chi connectivity index (χ0) is 20.6. The number of rotatable bonds is 4. The third-order valence-electron chi connectivity index (χ3n) is 3.87. The molecule has 1 aliphatic rings. The maximum atomic E-state index is 13.1. The summed E-state index contributed by atoms with van der Waals surface area (Å²) in [5, 5.41) is 11.5. The minimum absolute atomic E-state index is 0. The molecule has 2 amide bonds. The zero-order valence-electron chi connectivity index (χ0n) is 16.6. The molecule has 0 bridgehead atoms. The number of β-amino-alcohol motifs (C(OH)–C–C–N with tert-alkyl or cyclic N) is 1. The van der Waals surface area contributed by atoms with Gasteiger partial charge in [0.25, 0.3) is 0 Å². The maximum absolute atomic E-state index is 13.1. The minimum atomic E-state index is -0.670. The number of carbonyl (C=O) groups excluding carboxylic acids is 2. The van der Waals surface area contributed by atoms with Crippen molar-refractivity contribution in [2.75, 3.05) is 13.1 Å². The van der Waals surface area contributed by atoms with Crippen LogP contribution in [0.4, 0.5) is 8.78 Å². The molecule has 1 unspecified atom stereocenters. The molecule has 1 aromatic rings. The monoisotopic (exact) mass is 397 g/mol. The quantitative estimate of drug-likeness (QED) is 0.536. The molecule has 1 heterocycles. The minimum Gasteiger partial charge on any atom is -0.391 e. The van der Waals surface area contributed by atoms with Gasteiger partial charge in [0.1, 0.15) is 11.6 Å². The highest BCUT2D eigenvalue weighted by Gasteiger charge is 2.27.